The average molecular weight is 370 g/mol. The number of hydrogen-bond acceptors (Lipinski definition) is 3. The number of hydrogen-bond donors (Lipinski definition) is 2. The number of benzene rings is 2. The normalized spacial score (nSPS) is 11.2. The molecule has 0 aliphatic rings. The van der Waals surface area contributed by atoms with Crippen LogP contribution in [0.3, 0.4) is 0 Å². The number of thioether (sulfide) groups is 1. The third-order valence-electron chi connectivity index (χ3n) is 3.57. The number of nitrogens with one attached hydrogen (secondary N) is 1. The van der Waals surface area contributed by atoms with Gasteiger partial charge >= 0.3 is 12.3 Å². The minimum absolute atomic E-state index is 0.345. The van der Waals surface area contributed by atoms with Crippen molar-refractivity contribution in [2.75, 3.05) is 23.5 Å². The van der Waals surface area contributed by atoms with E-state index in [0.29, 0.717) is 12.2 Å². The molecule has 0 aliphatic heterocycles. The van der Waals surface area contributed by atoms with E-state index in [4.69, 9.17) is 5.11 Å². The summed E-state index contributed by atoms with van der Waals surface area (Å²) >= 11 is 1.61. The lowest BCUT2D eigenvalue weighted by atomic mass is 10.1. The second-order valence-corrected chi connectivity index (χ2v) is 6.24. The van der Waals surface area contributed by atoms with Gasteiger partial charge in [-0.1, -0.05) is 12.1 Å². The van der Waals surface area contributed by atoms with Crippen LogP contribution in [-0.4, -0.2) is 24.5 Å². The molecule has 0 aromatic heterocycles. The first-order chi connectivity index (χ1) is 11.7. The van der Waals surface area contributed by atoms with Crippen LogP contribution in [0.4, 0.5) is 29.3 Å². The van der Waals surface area contributed by atoms with Crippen LogP contribution in [0.25, 0.3) is 0 Å². The van der Waals surface area contributed by atoms with Crippen molar-refractivity contribution < 1.29 is 23.1 Å². The molecular weight excluding hydrogens is 353 g/mol. The second kappa shape index (κ2) is 7.69. The highest BCUT2D eigenvalue weighted by atomic mass is 32.2. The predicted octanol–water partition coefficient (Wildman–Crippen LogP) is 5.15. The van der Waals surface area contributed by atoms with Crippen molar-refractivity contribution in [3.05, 3.63) is 53.6 Å². The van der Waals surface area contributed by atoms with Gasteiger partial charge in [-0.05, 0) is 42.2 Å². The van der Waals surface area contributed by atoms with Gasteiger partial charge in [-0.15, -0.1) is 11.8 Å². The van der Waals surface area contributed by atoms with E-state index in [1.807, 2.05) is 30.5 Å². The van der Waals surface area contributed by atoms with E-state index in [0.717, 1.165) is 22.6 Å². The summed E-state index contributed by atoms with van der Waals surface area (Å²) in [5.41, 5.74) is -0.197. The molecule has 2 aromatic carbocycles. The maximum Gasteiger partial charge on any atom is 0.418 e. The van der Waals surface area contributed by atoms with E-state index in [1.165, 1.54) is 6.07 Å². The molecule has 0 unspecified atom stereocenters. The minimum Gasteiger partial charge on any atom is -0.465 e. The number of anilines is 2. The van der Waals surface area contributed by atoms with Gasteiger partial charge in [0.15, 0.2) is 0 Å². The molecule has 4 nitrogen and oxygen atoms in total. The van der Waals surface area contributed by atoms with Gasteiger partial charge in [0.1, 0.15) is 0 Å². The van der Waals surface area contributed by atoms with E-state index in [9.17, 15) is 18.0 Å². The Kier molecular flexibility index (Phi) is 5.84. The van der Waals surface area contributed by atoms with Crippen LogP contribution >= 0.6 is 11.8 Å². The number of alkyl halides is 3. The molecule has 0 atom stereocenters. The summed E-state index contributed by atoms with van der Waals surface area (Å²) in [6, 6.07) is 11.3. The molecule has 0 bridgehead atoms. The fourth-order valence-electron chi connectivity index (χ4n) is 2.32. The fourth-order valence-corrected chi connectivity index (χ4v) is 2.73. The lowest BCUT2D eigenvalue weighted by molar-refractivity contribution is -0.136. The fraction of sp³-hybridized carbons (Fsp3) is 0.235. The monoisotopic (exact) mass is 370 g/mol. The van der Waals surface area contributed by atoms with Gasteiger partial charge in [0.05, 0.1) is 11.3 Å². The molecule has 0 saturated carbocycles. The van der Waals surface area contributed by atoms with Crippen LogP contribution in [0.15, 0.2) is 47.4 Å². The van der Waals surface area contributed by atoms with Crippen LogP contribution < -0.4 is 10.2 Å². The molecule has 1 amide bonds. The molecule has 0 aliphatic carbocycles. The third-order valence-corrected chi connectivity index (χ3v) is 4.31. The number of carboxylic acid groups (broad SMARTS) is 1. The second-order valence-electron chi connectivity index (χ2n) is 5.36. The molecule has 2 aromatic rings. The summed E-state index contributed by atoms with van der Waals surface area (Å²) in [5.74, 6) is 0. The predicted molar refractivity (Wildman–Crippen MR) is 93.4 cm³/mol. The molecule has 0 heterocycles. The van der Waals surface area contributed by atoms with E-state index in [2.05, 4.69) is 0 Å². The zero-order valence-corrected chi connectivity index (χ0v) is 14.4. The third kappa shape index (κ3) is 5.06. The summed E-state index contributed by atoms with van der Waals surface area (Å²) < 4.78 is 39.6. The standard InChI is InChI=1S/C17H17F3N2O2S/c1-22(10-11-3-6-13(25-2)7-4-11)12-5-8-15(21-16(23)24)14(9-12)17(18,19)20/h3-9,21H,10H2,1-2H3,(H,23,24). The Hall–Kier alpha value is -2.35. The Balaban J connectivity index is 2.26. The van der Waals surface area contributed by atoms with Gasteiger partial charge in [-0.3, -0.25) is 5.32 Å². The van der Waals surface area contributed by atoms with Crippen LogP contribution in [-0.2, 0) is 12.7 Å². The van der Waals surface area contributed by atoms with E-state index < -0.39 is 23.5 Å². The zero-order valence-electron chi connectivity index (χ0n) is 13.6. The molecule has 0 radical (unpaired) electrons. The summed E-state index contributed by atoms with van der Waals surface area (Å²) in [4.78, 5) is 13.5. The van der Waals surface area contributed by atoms with Crippen molar-refractivity contribution >= 4 is 29.2 Å². The Bertz CT molecular complexity index is 749. The molecule has 8 heteroatoms. The zero-order chi connectivity index (χ0) is 18.6. The quantitative estimate of drug-likeness (QED) is 0.715. The topological polar surface area (TPSA) is 52.6 Å². The van der Waals surface area contributed by atoms with Gasteiger partial charge in [-0.25, -0.2) is 4.79 Å². The first-order valence-electron chi connectivity index (χ1n) is 7.26. The Morgan fingerprint density at radius 3 is 2.36 bits per heavy atom. The number of nitrogens with zero attached hydrogens (tertiary/aromatic N) is 1. The molecule has 2 rings (SSSR count). The van der Waals surface area contributed by atoms with Crippen molar-refractivity contribution in [2.24, 2.45) is 0 Å². The molecule has 0 saturated heterocycles. The van der Waals surface area contributed by atoms with Crippen molar-refractivity contribution in [1.29, 1.82) is 0 Å². The highest BCUT2D eigenvalue weighted by molar-refractivity contribution is 7.98. The summed E-state index contributed by atoms with van der Waals surface area (Å²) in [6.07, 6.45) is -4.23. The first-order valence-corrected chi connectivity index (χ1v) is 8.48. The van der Waals surface area contributed by atoms with Gasteiger partial charge in [0.2, 0.25) is 0 Å². The molecule has 25 heavy (non-hydrogen) atoms. The Morgan fingerprint density at radius 1 is 1.20 bits per heavy atom. The molecule has 134 valence electrons. The number of amides is 1. The van der Waals surface area contributed by atoms with E-state index in [1.54, 1.807) is 29.0 Å². The maximum absolute atomic E-state index is 13.2. The van der Waals surface area contributed by atoms with Crippen LogP contribution in [0.1, 0.15) is 11.1 Å². The van der Waals surface area contributed by atoms with Gasteiger partial charge < -0.3 is 10.0 Å². The van der Waals surface area contributed by atoms with Crippen LogP contribution in [0.5, 0.6) is 0 Å². The van der Waals surface area contributed by atoms with Crippen LogP contribution in [0.2, 0.25) is 0 Å². The summed E-state index contributed by atoms with van der Waals surface area (Å²) in [5, 5.41) is 10.5. The van der Waals surface area contributed by atoms with Crippen molar-refractivity contribution in [1.82, 2.24) is 0 Å². The van der Waals surface area contributed by atoms with Crippen molar-refractivity contribution in [3.8, 4) is 0 Å². The number of halogens is 3. The van der Waals surface area contributed by atoms with Crippen molar-refractivity contribution in [3.63, 3.8) is 0 Å². The highest BCUT2D eigenvalue weighted by Gasteiger charge is 2.34. The van der Waals surface area contributed by atoms with Crippen LogP contribution in [0, 0.1) is 0 Å². The SMILES string of the molecule is CSc1ccc(CN(C)c2ccc(NC(=O)O)c(C(F)(F)F)c2)cc1. The summed E-state index contributed by atoms with van der Waals surface area (Å²) in [6.45, 7) is 0.428. The highest BCUT2D eigenvalue weighted by Crippen LogP contribution is 2.37. The minimum atomic E-state index is -4.66. The van der Waals surface area contributed by atoms with Gasteiger partial charge in [0, 0.05) is 24.2 Å². The number of rotatable bonds is 5. The van der Waals surface area contributed by atoms with Crippen molar-refractivity contribution in [2.45, 2.75) is 17.6 Å². The lowest BCUT2D eigenvalue weighted by Gasteiger charge is -2.22. The lowest BCUT2D eigenvalue weighted by Crippen LogP contribution is -2.19. The molecular formula is C17H17F3N2O2S. The average Bonchev–Trinajstić information content (AvgIpc) is 2.54. The smallest absolute Gasteiger partial charge is 0.418 e. The Morgan fingerprint density at radius 2 is 1.84 bits per heavy atom. The van der Waals surface area contributed by atoms with Gasteiger partial charge in [-0.2, -0.15) is 13.2 Å². The molecule has 0 fully saturated rings. The first kappa shape index (κ1) is 19.0. The summed E-state index contributed by atoms with van der Waals surface area (Å²) in [7, 11) is 1.68. The molecule has 0 spiro atoms. The molecule has 2 N–H and O–H groups in total. The Labute approximate surface area is 147 Å². The largest absolute Gasteiger partial charge is 0.465 e. The maximum atomic E-state index is 13.2. The van der Waals surface area contributed by atoms with Gasteiger partial charge in [0.25, 0.3) is 0 Å². The number of carbonyl (C=O) groups is 1. The van der Waals surface area contributed by atoms with E-state index >= 15 is 0 Å². The van der Waals surface area contributed by atoms with E-state index in [-0.39, 0.29) is 0 Å².